The van der Waals surface area contributed by atoms with E-state index in [4.69, 9.17) is 4.43 Å². The zero-order valence-electron chi connectivity index (χ0n) is 24.5. The largest absolute Gasteiger partial charge is 0.420 e. The van der Waals surface area contributed by atoms with Crippen molar-refractivity contribution in [3.05, 3.63) is 0 Å². The monoisotopic (exact) mass is 485 g/mol. The maximum Gasteiger partial charge on any atom is 0.192 e. The lowest BCUT2D eigenvalue weighted by atomic mass is 9.79. The van der Waals surface area contributed by atoms with Crippen molar-refractivity contribution in [2.24, 2.45) is 5.41 Å². The van der Waals surface area contributed by atoms with E-state index in [1.807, 2.05) is 7.11 Å². The van der Waals surface area contributed by atoms with Gasteiger partial charge in [0.25, 0.3) is 0 Å². The Morgan fingerprint density at radius 1 is 0.545 bits per heavy atom. The summed E-state index contributed by atoms with van der Waals surface area (Å²) in [4.78, 5) is 8.07. The standard InChI is InChI=1S/C28H63N3OSi/c1-10-21-29(13-4)24-18-28(19-25-30(14-5)22-11-2,20-26-31(15-6)23-12-3)27-33(16-7,17-8)32-9/h10-27H2,1-9H3. The molecule has 0 bridgehead atoms. The molecule has 0 aromatic rings. The average molecular weight is 486 g/mol. The highest BCUT2D eigenvalue weighted by Crippen LogP contribution is 2.43. The lowest BCUT2D eigenvalue weighted by Gasteiger charge is -2.44. The molecule has 0 unspecified atom stereocenters. The van der Waals surface area contributed by atoms with Crippen molar-refractivity contribution >= 4 is 8.32 Å². The highest BCUT2D eigenvalue weighted by Gasteiger charge is 2.41. The summed E-state index contributed by atoms with van der Waals surface area (Å²) in [5.41, 5.74) is 0.387. The fraction of sp³-hybridized carbons (Fsp3) is 1.00. The highest BCUT2D eigenvalue weighted by molar-refractivity contribution is 6.73. The van der Waals surface area contributed by atoms with Crippen molar-refractivity contribution in [1.82, 2.24) is 14.7 Å². The maximum atomic E-state index is 6.43. The van der Waals surface area contributed by atoms with Crippen LogP contribution in [-0.4, -0.2) is 89.0 Å². The zero-order valence-corrected chi connectivity index (χ0v) is 25.5. The summed E-state index contributed by atoms with van der Waals surface area (Å²) >= 11 is 0. The van der Waals surface area contributed by atoms with Crippen LogP contribution < -0.4 is 0 Å². The Kier molecular flexibility index (Phi) is 19.3. The van der Waals surface area contributed by atoms with E-state index in [1.54, 1.807) is 0 Å². The SMILES string of the molecule is CCCN(CC)CCC(CCN(CC)CCC)(CCN(CC)CCC)C[Si](CC)(CC)OC. The van der Waals surface area contributed by atoms with E-state index in [-0.39, 0.29) is 0 Å². The van der Waals surface area contributed by atoms with Crippen LogP contribution in [0, 0.1) is 5.41 Å². The third kappa shape index (κ3) is 12.5. The fourth-order valence-electron chi connectivity index (χ4n) is 5.60. The molecule has 0 aromatic heterocycles. The minimum Gasteiger partial charge on any atom is -0.420 e. The van der Waals surface area contributed by atoms with Gasteiger partial charge >= 0.3 is 0 Å². The Morgan fingerprint density at radius 2 is 0.879 bits per heavy atom. The zero-order chi connectivity index (χ0) is 25.2. The normalized spacial score (nSPS) is 13.1. The summed E-state index contributed by atoms with van der Waals surface area (Å²) < 4.78 is 6.43. The molecule has 33 heavy (non-hydrogen) atoms. The van der Waals surface area contributed by atoms with Gasteiger partial charge in [-0.3, -0.25) is 0 Å². The molecular weight excluding hydrogens is 422 g/mol. The van der Waals surface area contributed by atoms with Gasteiger partial charge in [-0.15, -0.1) is 0 Å². The first-order chi connectivity index (χ1) is 15.9. The van der Waals surface area contributed by atoms with Gasteiger partial charge in [-0.1, -0.05) is 55.4 Å². The van der Waals surface area contributed by atoms with Crippen LogP contribution in [-0.2, 0) is 4.43 Å². The van der Waals surface area contributed by atoms with E-state index in [1.165, 1.54) is 116 Å². The second-order valence-corrected chi connectivity index (χ2v) is 14.9. The van der Waals surface area contributed by atoms with E-state index in [0.717, 1.165) is 0 Å². The molecule has 0 aromatic carbocycles. The Hall–Kier alpha value is 0.0569. The van der Waals surface area contributed by atoms with Gasteiger partial charge in [-0.2, -0.15) is 0 Å². The molecule has 4 nitrogen and oxygen atoms in total. The number of hydrogen-bond acceptors (Lipinski definition) is 4. The summed E-state index contributed by atoms with van der Waals surface area (Å²) in [5.74, 6) is 0. The van der Waals surface area contributed by atoms with Crippen molar-refractivity contribution < 1.29 is 4.43 Å². The molecule has 0 N–H and O–H groups in total. The van der Waals surface area contributed by atoms with Crippen molar-refractivity contribution in [2.45, 2.75) is 112 Å². The number of rotatable bonds is 23. The summed E-state index contributed by atoms with van der Waals surface area (Å²) in [7, 11) is 0.308. The van der Waals surface area contributed by atoms with Gasteiger partial charge in [0, 0.05) is 7.11 Å². The van der Waals surface area contributed by atoms with Crippen molar-refractivity contribution in [1.29, 1.82) is 0 Å². The predicted octanol–water partition coefficient (Wildman–Crippen LogP) is 6.97. The quantitative estimate of drug-likeness (QED) is 0.145. The molecule has 0 saturated heterocycles. The minimum absolute atomic E-state index is 0.387. The van der Waals surface area contributed by atoms with Crippen LogP contribution in [0.15, 0.2) is 0 Å². The van der Waals surface area contributed by atoms with Crippen molar-refractivity contribution in [3.63, 3.8) is 0 Å². The second kappa shape index (κ2) is 19.3. The van der Waals surface area contributed by atoms with Gasteiger partial charge in [-0.25, -0.2) is 0 Å². The van der Waals surface area contributed by atoms with Gasteiger partial charge in [-0.05, 0) is 121 Å². The third-order valence-corrected chi connectivity index (χ3v) is 13.1. The van der Waals surface area contributed by atoms with Crippen LogP contribution in [0.25, 0.3) is 0 Å². The Balaban J connectivity index is 5.98. The molecular formula is C28H63N3OSi. The maximum absolute atomic E-state index is 6.43. The first-order valence-electron chi connectivity index (χ1n) is 14.6. The lowest BCUT2D eigenvalue weighted by molar-refractivity contribution is 0.134. The molecule has 0 amide bonds. The molecule has 0 radical (unpaired) electrons. The Labute approximate surface area is 210 Å². The van der Waals surface area contributed by atoms with Gasteiger partial charge in [0.15, 0.2) is 8.32 Å². The molecule has 0 spiro atoms. The van der Waals surface area contributed by atoms with Crippen LogP contribution in [0.1, 0.15) is 93.9 Å². The smallest absolute Gasteiger partial charge is 0.192 e. The second-order valence-electron chi connectivity index (χ2n) is 10.3. The van der Waals surface area contributed by atoms with Gasteiger partial charge in [0.1, 0.15) is 0 Å². The summed E-state index contributed by atoms with van der Waals surface area (Å²) in [6.07, 6.45) is 7.73. The predicted molar refractivity (Wildman–Crippen MR) is 152 cm³/mol. The van der Waals surface area contributed by atoms with E-state index >= 15 is 0 Å². The molecule has 0 aliphatic heterocycles. The first-order valence-corrected chi connectivity index (χ1v) is 17.1. The summed E-state index contributed by atoms with van der Waals surface area (Å²) in [5, 5.41) is 0. The molecule has 0 atom stereocenters. The van der Waals surface area contributed by atoms with Crippen LogP contribution in [0.5, 0.6) is 0 Å². The number of nitrogens with zero attached hydrogens (tertiary/aromatic N) is 3. The minimum atomic E-state index is -1.71. The lowest BCUT2D eigenvalue weighted by Crippen LogP contribution is -2.46. The van der Waals surface area contributed by atoms with Gasteiger partial charge < -0.3 is 19.1 Å². The highest BCUT2D eigenvalue weighted by atomic mass is 28.4. The van der Waals surface area contributed by atoms with Crippen molar-refractivity contribution in [3.8, 4) is 0 Å². The molecule has 0 heterocycles. The molecule has 0 rings (SSSR count). The Bertz CT molecular complexity index is 391. The van der Waals surface area contributed by atoms with Gasteiger partial charge in [0.05, 0.1) is 0 Å². The summed E-state index contributed by atoms with van der Waals surface area (Å²) in [6, 6.07) is 3.82. The average Bonchev–Trinajstić information content (AvgIpc) is 2.85. The van der Waals surface area contributed by atoms with Crippen molar-refractivity contribution in [2.75, 3.05) is 66.0 Å². The molecule has 5 heteroatoms. The van der Waals surface area contributed by atoms with Crippen LogP contribution in [0.3, 0.4) is 0 Å². The molecule has 200 valence electrons. The van der Waals surface area contributed by atoms with E-state index < -0.39 is 8.32 Å². The van der Waals surface area contributed by atoms with E-state index in [2.05, 4.69) is 70.1 Å². The summed E-state index contributed by atoms with van der Waals surface area (Å²) in [6.45, 7) is 29.7. The molecule has 0 fully saturated rings. The number of hydrogen-bond donors (Lipinski definition) is 0. The van der Waals surface area contributed by atoms with E-state index in [9.17, 15) is 0 Å². The fourth-order valence-corrected chi connectivity index (χ4v) is 9.22. The Morgan fingerprint density at radius 3 is 1.09 bits per heavy atom. The topological polar surface area (TPSA) is 19.0 Å². The van der Waals surface area contributed by atoms with E-state index in [0.29, 0.717) is 5.41 Å². The van der Waals surface area contributed by atoms with Crippen LogP contribution in [0.4, 0.5) is 0 Å². The van der Waals surface area contributed by atoms with Crippen LogP contribution in [0.2, 0.25) is 18.1 Å². The molecule has 0 saturated carbocycles. The third-order valence-electron chi connectivity index (χ3n) is 8.26. The first kappa shape index (κ1) is 33.1. The van der Waals surface area contributed by atoms with Crippen LogP contribution >= 0.6 is 0 Å². The molecule has 0 aliphatic rings. The van der Waals surface area contributed by atoms with Gasteiger partial charge in [0.2, 0.25) is 0 Å². The molecule has 0 aliphatic carbocycles.